The molecule has 0 aliphatic heterocycles. The van der Waals surface area contributed by atoms with Crippen LogP contribution in [0.5, 0.6) is 11.5 Å². The lowest BCUT2D eigenvalue weighted by Gasteiger charge is -2.14. The van der Waals surface area contributed by atoms with Gasteiger partial charge in [0.2, 0.25) is 5.95 Å². The third kappa shape index (κ3) is 5.20. The van der Waals surface area contributed by atoms with E-state index in [-0.39, 0.29) is 24.0 Å². The minimum Gasteiger partial charge on any atom is -0.455 e. The van der Waals surface area contributed by atoms with E-state index in [0.29, 0.717) is 34.4 Å². The molecule has 4 aromatic heterocycles. The van der Waals surface area contributed by atoms with E-state index in [0.717, 1.165) is 11.3 Å². The summed E-state index contributed by atoms with van der Waals surface area (Å²) in [7, 11) is 3.55. The van der Waals surface area contributed by atoms with Gasteiger partial charge in [0, 0.05) is 50.4 Å². The van der Waals surface area contributed by atoms with Crippen LogP contribution in [-0.2, 0) is 14.1 Å². The molecular weight excluding hydrogens is 442 g/mol. The van der Waals surface area contributed by atoms with E-state index in [1.807, 2.05) is 46.1 Å². The number of nitrogens with zero attached hydrogens (tertiary/aromatic N) is 6. The molecule has 0 aromatic carbocycles. The lowest BCUT2D eigenvalue weighted by Crippen LogP contribution is -2.25. The summed E-state index contributed by atoms with van der Waals surface area (Å²) in [4.78, 5) is 26.2. The first-order valence-corrected chi connectivity index (χ1v) is 10.3. The minimum absolute atomic E-state index is 0. The fraction of sp³-hybridized carbons (Fsp3) is 0.261. The molecule has 0 amide bonds. The van der Waals surface area contributed by atoms with Crippen molar-refractivity contribution in [1.82, 2.24) is 29.3 Å². The van der Waals surface area contributed by atoms with Crippen molar-refractivity contribution >= 4 is 18.4 Å². The lowest BCUT2D eigenvalue weighted by molar-refractivity contribution is 0.475. The number of nitrogens with one attached hydrogen (secondary N) is 1. The number of ether oxygens (including phenoxy) is 1. The number of hydrogen-bond donors (Lipinski definition) is 1. The third-order valence-corrected chi connectivity index (χ3v) is 4.86. The van der Waals surface area contributed by atoms with Gasteiger partial charge in [0.05, 0.1) is 28.8 Å². The molecule has 0 saturated carbocycles. The Morgan fingerprint density at radius 2 is 1.85 bits per heavy atom. The first kappa shape index (κ1) is 23.9. The summed E-state index contributed by atoms with van der Waals surface area (Å²) in [6, 6.07) is 7.38. The van der Waals surface area contributed by atoms with Crippen molar-refractivity contribution in [3.05, 3.63) is 65.1 Å². The molecule has 9 nitrogen and oxygen atoms in total. The number of hydrogen-bond acceptors (Lipinski definition) is 7. The zero-order valence-electron chi connectivity index (χ0n) is 19.1. The number of aryl methyl sites for hydroxylation is 2. The van der Waals surface area contributed by atoms with Gasteiger partial charge >= 0.3 is 0 Å². The van der Waals surface area contributed by atoms with Crippen LogP contribution in [0.15, 0.2) is 53.8 Å². The Kier molecular flexibility index (Phi) is 7.13. The van der Waals surface area contributed by atoms with Gasteiger partial charge in [-0.15, -0.1) is 12.4 Å². The molecule has 4 heterocycles. The number of pyridine rings is 2. The van der Waals surface area contributed by atoms with Gasteiger partial charge in [-0.25, -0.2) is 9.97 Å². The molecule has 4 rings (SSSR count). The molecule has 0 aliphatic carbocycles. The first-order chi connectivity index (χ1) is 15.3. The molecule has 0 unspecified atom stereocenters. The smallest absolute Gasteiger partial charge is 0.264 e. The maximum Gasteiger partial charge on any atom is 0.264 e. The van der Waals surface area contributed by atoms with E-state index in [9.17, 15) is 4.79 Å². The first-order valence-electron chi connectivity index (χ1n) is 10.3. The van der Waals surface area contributed by atoms with Crippen LogP contribution in [-0.4, -0.2) is 35.3 Å². The van der Waals surface area contributed by atoms with Crippen LogP contribution in [0.2, 0.25) is 0 Å². The summed E-state index contributed by atoms with van der Waals surface area (Å²) < 4.78 is 9.26. The van der Waals surface area contributed by atoms with Gasteiger partial charge in [-0.1, -0.05) is 0 Å². The van der Waals surface area contributed by atoms with E-state index in [1.165, 1.54) is 4.57 Å². The average molecular weight is 468 g/mol. The van der Waals surface area contributed by atoms with Crippen LogP contribution in [0.1, 0.15) is 19.5 Å². The summed E-state index contributed by atoms with van der Waals surface area (Å²) >= 11 is 0. The monoisotopic (exact) mass is 467 g/mol. The lowest BCUT2D eigenvalue weighted by atomic mass is 10.2. The van der Waals surface area contributed by atoms with Crippen LogP contribution >= 0.6 is 12.4 Å². The Bertz CT molecular complexity index is 1330. The topological polar surface area (TPSA) is 99.8 Å². The summed E-state index contributed by atoms with van der Waals surface area (Å²) in [5, 5.41) is 7.34. The van der Waals surface area contributed by atoms with Crippen molar-refractivity contribution in [3.63, 3.8) is 0 Å². The summed E-state index contributed by atoms with van der Waals surface area (Å²) in [6.07, 6.45) is 6.89. The van der Waals surface area contributed by atoms with Gasteiger partial charge < -0.3 is 10.1 Å². The van der Waals surface area contributed by atoms with E-state index in [2.05, 4.69) is 25.4 Å². The van der Waals surface area contributed by atoms with Crippen molar-refractivity contribution in [1.29, 1.82) is 0 Å². The molecule has 0 aliphatic rings. The van der Waals surface area contributed by atoms with Crippen LogP contribution in [0.3, 0.4) is 0 Å². The third-order valence-electron chi connectivity index (χ3n) is 4.86. The molecule has 10 heteroatoms. The van der Waals surface area contributed by atoms with Gasteiger partial charge in [0.1, 0.15) is 11.5 Å². The molecule has 0 spiro atoms. The molecule has 172 valence electrons. The molecule has 0 atom stereocenters. The molecule has 4 aromatic rings. The molecule has 1 N–H and O–H groups in total. The van der Waals surface area contributed by atoms with Gasteiger partial charge in [0.15, 0.2) is 0 Å². The quantitative estimate of drug-likeness (QED) is 0.457. The molecular formula is C23H26ClN7O2. The molecule has 0 saturated heterocycles. The Hall–Kier alpha value is -3.72. The van der Waals surface area contributed by atoms with Crippen molar-refractivity contribution in [2.75, 3.05) is 5.32 Å². The van der Waals surface area contributed by atoms with Crippen molar-refractivity contribution in [2.24, 2.45) is 14.1 Å². The fourth-order valence-corrected chi connectivity index (χ4v) is 3.23. The second-order valence-corrected chi connectivity index (χ2v) is 7.82. The van der Waals surface area contributed by atoms with Crippen molar-refractivity contribution in [2.45, 2.75) is 26.8 Å². The normalized spacial score (nSPS) is 10.7. The zero-order valence-corrected chi connectivity index (χ0v) is 19.9. The highest BCUT2D eigenvalue weighted by molar-refractivity contribution is 5.85. The summed E-state index contributed by atoms with van der Waals surface area (Å²) in [5.74, 6) is 1.76. The molecule has 33 heavy (non-hydrogen) atoms. The van der Waals surface area contributed by atoms with Gasteiger partial charge in [-0.3, -0.25) is 19.0 Å². The average Bonchev–Trinajstić information content (AvgIpc) is 3.19. The van der Waals surface area contributed by atoms with E-state index >= 15 is 0 Å². The van der Waals surface area contributed by atoms with E-state index in [1.54, 1.807) is 42.5 Å². The van der Waals surface area contributed by atoms with Crippen LogP contribution in [0.25, 0.3) is 22.5 Å². The number of halogens is 1. The maximum atomic E-state index is 12.8. The Labute approximate surface area is 197 Å². The molecule has 0 radical (unpaired) electrons. The summed E-state index contributed by atoms with van der Waals surface area (Å²) in [6.45, 7) is 5.83. The van der Waals surface area contributed by atoms with Crippen LogP contribution < -0.4 is 15.6 Å². The highest BCUT2D eigenvalue weighted by atomic mass is 35.5. The Balaban J connectivity index is 0.00000306. The predicted molar refractivity (Wildman–Crippen MR) is 130 cm³/mol. The summed E-state index contributed by atoms with van der Waals surface area (Å²) in [5.41, 5.74) is 3.14. The highest BCUT2D eigenvalue weighted by Gasteiger charge is 2.13. The van der Waals surface area contributed by atoms with Gasteiger partial charge in [-0.05, 0) is 39.0 Å². The molecule has 0 fully saturated rings. The Morgan fingerprint density at radius 1 is 1.06 bits per heavy atom. The maximum absolute atomic E-state index is 12.8. The zero-order chi connectivity index (χ0) is 22.8. The Morgan fingerprint density at radius 3 is 2.52 bits per heavy atom. The van der Waals surface area contributed by atoms with Crippen molar-refractivity contribution in [3.8, 4) is 34.0 Å². The second-order valence-electron chi connectivity index (χ2n) is 7.82. The van der Waals surface area contributed by atoms with E-state index < -0.39 is 0 Å². The fourth-order valence-electron chi connectivity index (χ4n) is 3.23. The highest BCUT2D eigenvalue weighted by Crippen LogP contribution is 2.28. The SMILES string of the molecule is Cc1nc(-c2cnc(NC(C)C)n(C)c2=O)ccc1Oc1ccnc(-c2cnn(C)c2)c1.Cl. The van der Waals surface area contributed by atoms with Crippen LogP contribution in [0, 0.1) is 6.92 Å². The number of anilines is 1. The number of rotatable bonds is 6. The number of aromatic nitrogens is 6. The second kappa shape index (κ2) is 9.83. The largest absolute Gasteiger partial charge is 0.455 e. The minimum atomic E-state index is -0.168. The molecule has 0 bridgehead atoms. The predicted octanol–water partition coefficient (Wildman–Crippen LogP) is 3.98. The van der Waals surface area contributed by atoms with E-state index in [4.69, 9.17) is 4.74 Å². The van der Waals surface area contributed by atoms with Crippen LogP contribution in [0.4, 0.5) is 5.95 Å². The van der Waals surface area contributed by atoms with Crippen molar-refractivity contribution < 1.29 is 4.74 Å². The van der Waals surface area contributed by atoms with Gasteiger partial charge in [0.25, 0.3) is 5.56 Å². The van der Waals surface area contributed by atoms with Gasteiger partial charge in [-0.2, -0.15) is 5.10 Å². The standard InChI is InChI=1S/C23H25N7O2.ClH/c1-14(2)27-23-25-12-18(22(31)30(23)5)19-6-7-21(15(3)28-19)32-17-8-9-24-20(10-17)16-11-26-29(4)13-16;/h6-14H,1-5H3,(H,25,27);1H.